The molecule has 1 saturated carbocycles. The molecule has 5 heteroatoms. The SMILES string of the molecule is C/C=C/[C@@H]1C=C[C@@H]2C[C@H](C)CC[C@H]2[C@]1(C)/C([O-])=C1/C(=O)N[C@@H](CO)C1=O. The maximum absolute atomic E-state index is 13.6. The van der Waals surface area contributed by atoms with E-state index in [0.717, 1.165) is 19.3 Å². The van der Waals surface area contributed by atoms with E-state index in [1.807, 2.05) is 26.0 Å². The zero-order valence-electron chi connectivity index (χ0n) is 15.7. The number of aliphatic hydroxyl groups excluding tert-OH is 1. The van der Waals surface area contributed by atoms with Crippen molar-refractivity contribution < 1.29 is 19.8 Å². The van der Waals surface area contributed by atoms with Gasteiger partial charge in [-0.2, -0.15) is 0 Å². The van der Waals surface area contributed by atoms with E-state index in [9.17, 15) is 19.8 Å². The third kappa shape index (κ3) is 2.82. The molecule has 3 aliphatic rings. The molecule has 0 radical (unpaired) electrons. The number of fused-ring (bicyclic) bond motifs is 1. The third-order valence-corrected chi connectivity index (χ3v) is 6.58. The Morgan fingerprint density at radius 1 is 1.38 bits per heavy atom. The van der Waals surface area contributed by atoms with Crippen LogP contribution in [-0.2, 0) is 9.59 Å². The van der Waals surface area contributed by atoms with E-state index in [-0.39, 0.29) is 23.2 Å². The van der Waals surface area contributed by atoms with Crippen LogP contribution in [0.1, 0.15) is 40.0 Å². The number of carbonyl (C=O) groups is 2. The average molecular weight is 358 g/mol. The number of Topliss-reactive ketones (excluding diaryl/α,β-unsaturated/α-hetero) is 1. The summed E-state index contributed by atoms with van der Waals surface area (Å²) in [4.78, 5) is 24.8. The Balaban J connectivity index is 2.11. The molecule has 142 valence electrons. The molecule has 0 unspecified atom stereocenters. The zero-order valence-corrected chi connectivity index (χ0v) is 15.7. The Hall–Kier alpha value is -1.88. The largest absolute Gasteiger partial charge is 0.874 e. The van der Waals surface area contributed by atoms with Gasteiger partial charge < -0.3 is 15.5 Å². The van der Waals surface area contributed by atoms with Crippen LogP contribution in [0.25, 0.3) is 0 Å². The molecule has 3 rings (SSSR count). The fourth-order valence-corrected chi connectivity index (χ4v) is 5.08. The first kappa shape index (κ1) is 18.9. The van der Waals surface area contributed by atoms with Gasteiger partial charge in [-0.05, 0) is 42.9 Å². The van der Waals surface area contributed by atoms with Crippen molar-refractivity contribution in [2.24, 2.45) is 29.1 Å². The van der Waals surface area contributed by atoms with E-state index in [1.54, 1.807) is 0 Å². The summed E-state index contributed by atoms with van der Waals surface area (Å²) in [6.45, 7) is 5.57. The summed E-state index contributed by atoms with van der Waals surface area (Å²) in [7, 11) is 0. The smallest absolute Gasteiger partial charge is 0.254 e. The minimum atomic E-state index is -0.994. The Kier molecular flexibility index (Phi) is 5.11. The monoisotopic (exact) mass is 358 g/mol. The molecular formula is C21H28NO4-. The average Bonchev–Trinajstić information content (AvgIpc) is 2.90. The molecule has 5 nitrogen and oxygen atoms in total. The van der Waals surface area contributed by atoms with Crippen molar-refractivity contribution in [1.82, 2.24) is 5.32 Å². The first-order valence-corrected chi connectivity index (χ1v) is 9.53. The number of rotatable bonds is 3. The molecule has 1 saturated heterocycles. The molecule has 1 amide bonds. The van der Waals surface area contributed by atoms with Crippen LogP contribution in [0.5, 0.6) is 0 Å². The molecule has 26 heavy (non-hydrogen) atoms. The van der Waals surface area contributed by atoms with Crippen LogP contribution in [0, 0.1) is 29.1 Å². The number of aliphatic hydroxyl groups is 1. The lowest BCUT2D eigenvalue weighted by molar-refractivity contribution is -0.334. The normalized spacial score (nSPS) is 42.1. The van der Waals surface area contributed by atoms with E-state index in [2.05, 4.69) is 24.4 Å². The summed E-state index contributed by atoms with van der Waals surface area (Å²) in [5.41, 5.74) is -1.10. The van der Waals surface area contributed by atoms with Crippen molar-refractivity contribution in [3.05, 3.63) is 35.6 Å². The fraction of sp³-hybridized carbons (Fsp3) is 0.619. The molecule has 2 aliphatic carbocycles. The Morgan fingerprint density at radius 2 is 2.12 bits per heavy atom. The first-order valence-electron chi connectivity index (χ1n) is 9.53. The van der Waals surface area contributed by atoms with Crippen LogP contribution < -0.4 is 10.4 Å². The van der Waals surface area contributed by atoms with Crippen molar-refractivity contribution in [1.29, 1.82) is 0 Å². The first-order chi connectivity index (χ1) is 12.3. The molecule has 2 N–H and O–H groups in total. The number of carbonyl (C=O) groups excluding carboxylic acids is 2. The van der Waals surface area contributed by atoms with Crippen LogP contribution >= 0.6 is 0 Å². The van der Waals surface area contributed by atoms with Gasteiger partial charge in [0.25, 0.3) is 5.91 Å². The van der Waals surface area contributed by atoms with Gasteiger partial charge in [-0.3, -0.25) is 9.59 Å². The van der Waals surface area contributed by atoms with Gasteiger partial charge in [0.05, 0.1) is 12.2 Å². The van der Waals surface area contributed by atoms with Crippen LogP contribution in [0.3, 0.4) is 0 Å². The van der Waals surface area contributed by atoms with Crippen LogP contribution in [-0.4, -0.2) is 29.4 Å². The van der Waals surface area contributed by atoms with E-state index < -0.39 is 29.8 Å². The van der Waals surface area contributed by atoms with Crippen molar-refractivity contribution in [2.75, 3.05) is 6.61 Å². The highest BCUT2D eigenvalue weighted by Gasteiger charge is 2.49. The number of nitrogens with one attached hydrogen (secondary N) is 1. The summed E-state index contributed by atoms with van der Waals surface area (Å²) >= 11 is 0. The Labute approximate surface area is 154 Å². The van der Waals surface area contributed by atoms with Gasteiger partial charge >= 0.3 is 0 Å². The van der Waals surface area contributed by atoms with Gasteiger partial charge in [-0.15, -0.1) is 5.76 Å². The number of hydrogen-bond donors (Lipinski definition) is 2. The van der Waals surface area contributed by atoms with Gasteiger partial charge in [0.15, 0.2) is 5.78 Å². The number of allylic oxidation sites excluding steroid dienone is 5. The maximum atomic E-state index is 13.6. The standard InChI is InChI=1S/C21H29NO4/c1-4-5-14-8-7-13-10-12(2)6-9-15(13)21(14,3)19(25)17-18(24)16(11-23)22-20(17)26/h4-5,7-8,12-16,23,25H,6,9-11H2,1-3H3,(H,22,26)/p-1/b5-4+,19-17-/t12-,13-,14-,15-,16+,21-/m1/s1. The van der Waals surface area contributed by atoms with Gasteiger partial charge in [-0.1, -0.05) is 44.6 Å². The van der Waals surface area contributed by atoms with Gasteiger partial charge in [0.1, 0.15) is 6.04 Å². The molecule has 1 heterocycles. The lowest BCUT2D eigenvalue weighted by Crippen LogP contribution is -2.48. The highest BCUT2D eigenvalue weighted by Crippen LogP contribution is 2.55. The predicted octanol–water partition coefficient (Wildman–Crippen LogP) is 1.48. The van der Waals surface area contributed by atoms with Crippen molar-refractivity contribution in [3.63, 3.8) is 0 Å². The number of amides is 1. The van der Waals surface area contributed by atoms with E-state index >= 15 is 0 Å². The molecule has 6 atom stereocenters. The second-order valence-corrected chi connectivity index (χ2v) is 8.18. The van der Waals surface area contributed by atoms with Crippen molar-refractivity contribution >= 4 is 11.7 Å². The molecule has 2 fully saturated rings. The van der Waals surface area contributed by atoms with E-state index in [0.29, 0.717) is 11.8 Å². The lowest BCUT2D eigenvalue weighted by Gasteiger charge is -2.54. The zero-order chi connectivity index (χ0) is 19.1. The number of hydrogen-bond acceptors (Lipinski definition) is 4. The minimum Gasteiger partial charge on any atom is -0.874 e. The summed E-state index contributed by atoms with van der Waals surface area (Å²) in [6.07, 6.45) is 11.2. The molecule has 0 bridgehead atoms. The molecule has 0 spiro atoms. The maximum Gasteiger partial charge on any atom is 0.254 e. The topological polar surface area (TPSA) is 89.5 Å². The summed E-state index contributed by atoms with van der Waals surface area (Å²) in [6, 6.07) is -0.994. The quantitative estimate of drug-likeness (QED) is 0.346. The lowest BCUT2D eigenvalue weighted by atomic mass is 9.54. The summed E-state index contributed by atoms with van der Waals surface area (Å²) < 4.78 is 0. The van der Waals surface area contributed by atoms with E-state index in [4.69, 9.17) is 0 Å². The van der Waals surface area contributed by atoms with Gasteiger partial charge in [0.2, 0.25) is 0 Å². The second-order valence-electron chi connectivity index (χ2n) is 8.18. The third-order valence-electron chi connectivity index (χ3n) is 6.58. The van der Waals surface area contributed by atoms with Gasteiger partial charge in [0, 0.05) is 5.92 Å². The number of ketones is 1. The van der Waals surface area contributed by atoms with Crippen LogP contribution in [0.2, 0.25) is 0 Å². The highest BCUT2D eigenvalue weighted by molar-refractivity contribution is 6.27. The van der Waals surface area contributed by atoms with Crippen molar-refractivity contribution in [3.8, 4) is 0 Å². The van der Waals surface area contributed by atoms with Crippen molar-refractivity contribution in [2.45, 2.75) is 46.1 Å². The summed E-state index contributed by atoms with van der Waals surface area (Å²) in [5.74, 6) is -0.708. The van der Waals surface area contributed by atoms with Crippen LogP contribution in [0.4, 0.5) is 0 Å². The predicted molar refractivity (Wildman–Crippen MR) is 96.6 cm³/mol. The second kappa shape index (κ2) is 7.03. The fourth-order valence-electron chi connectivity index (χ4n) is 5.08. The summed E-state index contributed by atoms with van der Waals surface area (Å²) in [5, 5.41) is 25.3. The highest BCUT2D eigenvalue weighted by atomic mass is 16.3. The minimum absolute atomic E-state index is 0.110. The molecule has 0 aromatic carbocycles. The molecular weight excluding hydrogens is 330 g/mol. The molecule has 0 aromatic heterocycles. The van der Waals surface area contributed by atoms with Gasteiger partial charge in [-0.25, -0.2) is 0 Å². The Morgan fingerprint density at radius 3 is 2.73 bits per heavy atom. The van der Waals surface area contributed by atoms with Crippen LogP contribution in [0.15, 0.2) is 35.6 Å². The van der Waals surface area contributed by atoms with E-state index in [1.165, 1.54) is 0 Å². The molecule has 0 aromatic rings. The Bertz CT molecular complexity index is 692. The molecule has 1 aliphatic heterocycles.